The van der Waals surface area contributed by atoms with Crippen LogP contribution in [0.2, 0.25) is 0 Å². The second-order valence-corrected chi connectivity index (χ2v) is 6.31. The standard InChI is InChI=1S/C16H20BrNO2S/c1-5-6-14(21-4)15-13(20-3)8-7-12(17)11(2)9-10-18-16(15)19/h5-12H,1H2,2-4H3,(H,18,19)/b8-7+,10-9+,14-6-,15-13+. The van der Waals surface area contributed by atoms with Crippen LogP contribution in [0.5, 0.6) is 0 Å². The Kier molecular flexibility index (Phi) is 7.61. The molecular formula is C16H20BrNO2S. The van der Waals surface area contributed by atoms with Gasteiger partial charge < -0.3 is 10.1 Å². The predicted octanol–water partition coefficient (Wildman–Crippen LogP) is 3.92. The number of hydrogen-bond donors (Lipinski definition) is 1. The van der Waals surface area contributed by atoms with Crippen LogP contribution in [0, 0.1) is 5.92 Å². The first-order valence-corrected chi connectivity index (χ1v) is 8.64. The molecule has 1 rings (SSSR count). The lowest BCUT2D eigenvalue weighted by atomic mass is 10.1. The maximum atomic E-state index is 12.4. The molecule has 0 bridgehead atoms. The predicted molar refractivity (Wildman–Crippen MR) is 94.1 cm³/mol. The van der Waals surface area contributed by atoms with Crippen LogP contribution in [-0.2, 0) is 9.53 Å². The lowest BCUT2D eigenvalue weighted by Crippen LogP contribution is -2.23. The van der Waals surface area contributed by atoms with Crippen molar-refractivity contribution in [2.75, 3.05) is 13.4 Å². The van der Waals surface area contributed by atoms with Crippen LogP contribution in [-0.4, -0.2) is 24.1 Å². The van der Waals surface area contributed by atoms with Crippen LogP contribution >= 0.6 is 27.7 Å². The molecule has 2 atom stereocenters. The van der Waals surface area contributed by atoms with Crippen molar-refractivity contribution in [1.29, 1.82) is 0 Å². The highest BCUT2D eigenvalue weighted by Gasteiger charge is 2.20. The van der Waals surface area contributed by atoms with Crippen molar-refractivity contribution in [2.45, 2.75) is 11.8 Å². The van der Waals surface area contributed by atoms with Gasteiger partial charge in [-0.1, -0.05) is 47.7 Å². The summed E-state index contributed by atoms with van der Waals surface area (Å²) in [6.45, 7) is 5.76. The number of rotatable bonds is 4. The van der Waals surface area contributed by atoms with Crippen molar-refractivity contribution in [1.82, 2.24) is 5.32 Å². The molecule has 0 aromatic heterocycles. The third kappa shape index (κ3) is 4.93. The van der Waals surface area contributed by atoms with Crippen LogP contribution in [0.25, 0.3) is 0 Å². The zero-order valence-corrected chi connectivity index (χ0v) is 14.8. The highest BCUT2D eigenvalue weighted by molar-refractivity contribution is 9.09. The molecule has 1 N–H and O–H groups in total. The van der Waals surface area contributed by atoms with E-state index in [1.165, 1.54) is 11.8 Å². The molecular weight excluding hydrogens is 350 g/mol. The molecule has 0 fully saturated rings. The summed E-state index contributed by atoms with van der Waals surface area (Å²) in [5, 5.41) is 2.79. The maximum Gasteiger partial charge on any atom is 0.260 e. The summed E-state index contributed by atoms with van der Waals surface area (Å²) >= 11 is 5.09. The SMILES string of the molecule is C=C/C=C(SC)/C1=C(OC)/C=C/C(Br)C(C)/C=C/NC1=O. The van der Waals surface area contributed by atoms with Crippen LogP contribution in [0.3, 0.4) is 0 Å². The Hall–Kier alpha value is -1.20. The average Bonchev–Trinajstić information content (AvgIpc) is 2.48. The van der Waals surface area contributed by atoms with E-state index in [9.17, 15) is 4.79 Å². The second-order valence-electron chi connectivity index (χ2n) is 4.41. The number of allylic oxidation sites excluding steroid dienone is 5. The molecule has 1 aliphatic rings. The van der Waals surface area contributed by atoms with E-state index in [-0.39, 0.29) is 16.7 Å². The van der Waals surface area contributed by atoms with E-state index >= 15 is 0 Å². The molecule has 5 heteroatoms. The fourth-order valence-electron chi connectivity index (χ4n) is 1.77. The molecule has 0 aromatic rings. The molecule has 0 saturated carbocycles. The quantitative estimate of drug-likeness (QED) is 0.602. The van der Waals surface area contributed by atoms with E-state index in [1.54, 1.807) is 25.5 Å². The lowest BCUT2D eigenvalue weighted by molar-refractivity contribution is -0.116. The Balaban J connectivity index is 3.41. The fraction of sp³-hybridized carbons (Fsp3) is 0.312. The van der Waals surface area contributed by atoms with E-state index in [0.29, 0.717) is 11.3 Å². The summed E-state index contributed by atoms with van der Waals surface area (Å²) in [6.07, 6.45) is 12.8. The molecule has 114 valence electrons. The zero-order valence-electron chi connectivity index (χ0n) is 12.4. The Labute approximate surface area is 139 Å². The van der Waals surface area contributed by atoms with Gasteiger partial charge in [-0.05, 0) is 24.3 Å². The van der Waals surface area contributed by atoms with E-state index in [0.717, 1.165) is 4.91 Å². The van der Waals surface area contributed by atoms with Crippen molar-refractivity contribution in [3.8, 4) is 0 Å². The summed E-state index contributed by atoms with van der Waals surface area (Å²) in [5.41, 5.74) is 0.500. The number of ether oxygens (including phenoxy) is 1. The van der Waals surface area contributed by atoms with E-state index < -0.39 is 0 Å². The van der Waals surface area contributed by atoms with Gasteiger partial charge in [0.25, 0.3) is 5.91 Å². The van der Waals surface area contributed by atoms with Crippen molar-refractivity contribution >= 4 is 33.6 Å². The number of alkyl halides is 1. The molecule has 0 spiro atoms. The summed E-state index contributed by atoms with van der Waals surface area (Å²) in [4.78, 5) is 13.4. The van der Waals surface area contributed by atoms with Gasteiger partial charge in [-0.3, -0.25) is 4.79 Å². The number of halogens is 1. The summed E-state index contributed by atoms with van der Waals surface area (Å²) in [5.74, 6) is 0.585. The van der Waals surface area contributed by atoms with Crippen LogP contribution in [0.1, 0.15) is 6.92 Å². The Bertz CT molecular complexity index is 520. The van der Waals surface area contributed by atoms with Crippen molar-refractivity contribution in [3.63, 3.8) is 0 Å². The number of methoxy groups -OCH3 is 1. The summed E-state index contributed by atoms with van der Waals surface area (Å²) in [6, 6.07) is 0. The normalized spacial score (nSPS) is 30.3. The van der Waals surface area contributed by atoms with Crippen molar-refractivity contribution in [3.05, 3.63) is 59.4 Å². The lowest BCUT2D eigenvalue weighted by Gasteiger charge is -2.16. The van der Waals surface area contributed by atoms with Gasteiger partial charge in [0.05, 0.1) is 12.7 Å². The molecule has 0 aliphatic carbocycles. The van der Waals surface area contributed by atoms with Gasteiger partial charge in [0.2, 0.25) is 0 Å². The second kappa shape index (κ2) is 8.95. The zero-order chi connectivity index (χ0) is 15.8. The summed E-state index contributed by atoms with van der Waals surface area (Å²) in [7, 11) is 1.56. The smallest absolute Gasteiger partial charge is 0.260 e. The molecule has 0 saturated heterocycles. The van der Waals surface area contributed by atoms with Crippen molar-refractivity contribution < 1.29 is 9.53 Å². The largest absolute Gasteiger partial charge is 0.496 e. The molecule has 1 aliphatic heterocycles. The highest BCUT2D eigenvalue weighted by Crippen LogP contribution is 2.27. The number of hydrogen-bond acceptors (Lipinski definition) is 3. The minimum absolute atomic E-state index is 0.163. The number of thioether (sulfide) groups is 1. The van der Waals surface area contributed by atoms with E-state index in [4.69, 9.17) is 4.74 Å². The van der Waals surface area contributed by atoms with Gasteiger partial charge in [-0.15, -0.1) is 11.8 Å². The van der Waals surface area contributed by atoms with Gasteiger partial charge in [0, 0.05) is 15.9 Å². The Morgan fingerprint density at radius 1 is 1.52 bits per heavy atom. The van der Waals surface area contributed by atoms with E-state index in [2.05, 4.69) is 34.7 Å². The first-order chi connectivity index (χ1) is 10.0. The monoisotopic (exact) mass is 369 g/mol. The molecule has 1 amide bonds. The number of amides is 1. The maximum absolute atomic E-state index is 12.4. The van der Waals surface area contributed by atoms with Crippen LogP contribution < -0.4 is 5.32 Å². The first-order valence-electron chi connectivity index (χ1n) is 6.50. The molecule has 3 nitrogen and oxygen atoms in total. The highest BCUT2D eigenvalue weighted by atomic mass is 79.9. The van der Waals surface area contributed by atoms with Gasteiger partial charge in [-0.25, -0.2) is 0 Å². The van der Waals surface area contributed by atoms with E-state index in [1.807, 2.05) is 24.5 Å². The fourth-order valence-corrected chi connectivity index (χ4v) is 2.73. The van der Waals surface area contributed by atoms with Crippen LogP contribution in [0.15, 0.2) is 59.4 Å². The van der Waals surface area contributed by atoms with Crippen molar-refractivity contribution in [2.24, 2.45) is 5.92 Å². The average molecular weight is 370 g/mol. The number of nitrogens with one attached hydrogen (secondary N) is 1. The molecule has 0 radical (unpaired) electrons. The minimum atomic E-state index is -0.199. The molecule has 2 unspecified atom stereocenters. The third-order valence-corrected chi connectivity index (χ3v) is 4.90. The first kappa shape index (κ1) is 17.9. The molecule has 1 heterocycles. The summed E-state index contributed by atoms with van der Waals surface area (Å²) < 4.78 is 5.42. The van der Waals surface area contributed by atoms with Crippen LogP contribution in [0.4, 0.5) is 0 Å². The van der Waals surface area contributed by atoms with Gasteiger partial charge >= 0.3 is 0 Å². The van der Waals surface area contributed by atoms with Gasteiger partial charge in [-0.2, -0.15) is 0 Å². The third-order valence-electron chi connectivity index (χ3n) is 2.98. The number of carbonyl (C=O) groups is 1. The topological polar surface area (TPSA) is 38.3 Å². The molecule has 0 aromatic carbocycles. The Morgan fingerprint density at radius 3 is 2.81 bits per heavy atom. The van der Waals surface area contributed by atoms with Gasteiger partial charge in [0.1, 0.15) is 5.76 Å². The number of carbonyl (C=O) groups excluding carboxylic acids is 1. The van der Waals surface area contributed by atoms with Gasteiger partial charge in [0.15, 0.2) is 0 Å². The minimum Gasteiger partial charge on any atom is -0.496 e. The molecule has 21 heavy (non-hydrogen) atoms. The Morgan fingerprint density at radius 2 is 2.24 bits per heavy atom.